The molecule has 0 aliphatic heterocycles. The van der Waals surface area contributed by atoms with Gasteiger partial charge in [-0.05, 0) is 0 Å². The molecule has 0 amide bonds. The zero-order valence-electron chi connectivity index (χ0n) is 3.34. The van der Waals surface area contributed by atoms with E-state index >= 15 is 0 Å². The van der Waals surface area contributed by atoms with Crippen LogP contribution in [0.1, 0.15) is 0 Å². The van der Waals surface area contributed by atoms with Crippen LogP contribution in [0, 0.1) is 0 Å². The fraction of sp³-hybridized carbons (Fsp3) is 0. The predicted molar refractivity (Wildman–Crippen MR) is 28.2 cm³/mol. The molecule has 4 heteroatoms. The molecule has 1 rings (SSSR count). The Morgan fingerprint density at radius 2 is 2.14 bits per heavy atom. The average Bonchev–Trinajstić information content (AvgIpc) is 2.23. The Kier molecular flexibility index (Phi) is 5.62. The fourth-order valence-electron chi connectivity index (χ4n) is 0.176. The summed E-state index contributed by atoms with van der Waals surface area (Å²) >= 11 is 0. The molecule has 0 spiro atoms. The van der Waals surface area contributed by atoms with E-state index in [4.69, 9.17) is 0 Å². The zero-order valence-corrected chi connectivity index (χ0v) is 4.86. The van der Waals surface area contributed by atoms with Crippen molar-refractivity contribution in [3.63, 3.8) is 0 Å². The Morgan fingerprint density at radius 3 is 2.29 bits per heavy atom. The first kappa shape index (κ1) is 6.79. The third-order valence-electron chi connectivity index (χ3n) is 0.347. The SMILES string of the molecule is ClCl.c1cocn1. The molecule has 0 N–H and O–H groups in total. The van der Waals surface area contributed by atoms with Crippen molar-refractivity contribution in [3.05, 3.63) is 18.9 Å². The molecule has 0 fully saturated rings. The van der Waals surface area contributed by atoms with E-state index in [0.717, 1.165) is 0 Å². The lowest BCUT2D eigenvalue weighted by Gasteiger charge is -1.47. The Labute approximate surface area is 50.6 Å². The molecule has 0 aliphatic rings. The van der Waals surface area contributed by atoms with E-state index in [0.29, 0.717) is 0 Å². The maximum absolute atomic E-state index is 4.47. The Hall–Kier alpha value is -0.210. The summed E-state index contributed by atoms with van der Waals surface area (Å²) in [6, 6.07) is 0. The molecular formula is C3H3Cl2NO. The number of rotatable bonds is 0. The van der Waals surface area contributed by atoms with E-state index in [1.807, 2.05) is 0 Å². The Morgan fingerprint density at radius 1 is 1.43 bits per heavy atom. The molecule has 0 saturated heterocycles. The molecule has 1 aromatic rings. The van der Waals surface area contributed by atoms with Gasteiger partial charge in [0.1, 0.15) is 6.26 Å². The molecule has 0 aromatic carbocycles. The molecular weight excluding hydrogens is 137 g/mol. The number of nitrogens with zero attached hydrogens (tertiary/aromatic N) is 1. The molecule has 1 aromatic heterocycles. The van der Waals surface area contributed by atoms with Gasteiger partial charge >= 0.3 is 0 Å². The van der Waals surface area contributed by atoms with E-state index < -0.39 is 0 Å². The van der Waals surface area contributed by atoms with Crippen LogP contribution >= 0.6 is 21.7 Å². The van der Waals surface area contributed by atoms with Crippen LogP contribution in [0.3, 0.4) is 0 Å². The largest absolute Gasteiger partial charge is 0.452 e. The van der Waals surface area contributed by atoms with Gasteiger partial charge in [0.05, 0.1) is 6.20 Å². The summed E-state index contributed by atoms with van der Waals surface area (Å²) in [4.78, 5) is 3.56. The standard InChI is InChI=1S/C3H3NO.Cl2/c1-2-5-3-4-1;1-2/h1-3H;. The highest BCUT2D eigenvalue weighted by atomic mass is 36.5. The van der Waals surface area contributed by atoms with Gasteiger partial charge in [0.25, 0.3) is 0 Å². The van der Waals surface area contributed by atoms with Gasteiger partial charge in [-0.3, -0.25) is 0 Å². The second-order valence-electron chi connectivity index (χ2n) is 0.676. The summed E-state index contributed by atoms with van der Waals surface area (Å²) in [7, 11) is 8.22. The maximum atomic E-state index is 4.47. The minimum Gasteiger partial charge on any atom is -0.452 e. The van der Waals surface area contributed by atoms with Crippen molar-refractivity contribution in [2.45, 2.75) is 0 Å². The van der Waals surface area contributed by atoms with Gasteiger partial charge in [-0.2, -0.15) is 0 Å². The van der Waals surface area contributed by atoms with Crippen molar-refractivity contribution in [1.29, 1.82) is 0 Å². The van der Waals surface area contributed by atoms with Crippen LogP contribution in [0.2, 0.25) is 0 Å². The first-order valence-electron chi connectivity index (χ1n) is 1.46. The highest BCUT2D eigenvalue weighted by Crippen LogP contribution is 1.72. The summed E-state index contributed by atoms with van der Waals surface area (Å²) in [6.07, 6.45) is 4.47. The Bertz CT molecular complexity index is 69.4. The van der Waals surface area contributed by atoms with Crippen LogP contribution in [0.4, 0.5) is 0 Å². The average molecular weight is 140 g/mol. The number of halogens is 2. The first-order chi connectivity index (χ1) is 3.50. The molecule has 0 radical (unpaired) electrons. The number of hydrogen-bond donors (Lipinski definition) is 0. The third kappa shape index (κ3) is 3.62. The van der Waals surface area contributed by atoms with Crippen molar-refractivity contribution in [1.82, 2.24) is 4.98 Å². The lowest BCUT2D eigenvalue weighted by Crippen LogP contribution is -1.38. The molecule has 0 bridgehead atoms. The van der Waals surface area contributed by atoms with E-state index in [9.17, 15) is 0 Å². The Balaban J connectivity index is 0.000000162. The van der Waals surface area contributed by atoms with E-state index in [1.165, 1.54) is 12.7 Å². The van der Waals surface area contributed by atoms with Gasteiger partial charge in [-0.25, -0.2) is 4.98 Å². The van der Waals surface area contributed by atoms with Crippen LogP contribution in [0.5, 0.6) is 0 Å². The maximum Gasteiger partial charge on any atom is 0.180 e. The predicted octanol–water partition coefficient (Wildman–Crippen LogP) is 2.05. The summed E-state index contributed by atoms with van der Waals surface area (Å²) in [5.74, 6) is 0. The van der Waals surface area contributed by atoms with E-state index in [-0.39, 0.29) is 0 Å². The summed E-state index contributed by atoms with van der Waals surface area (Å²) in [5, 5.41) is 0. The van der Waals surface area contributed by atoms with Crippen molar-refractivity contribution in [2.24, 2.45) is 0 Å². The first-order valence-corrected chi connectivity index (χ1v) is 2.61. The highest BCUT2D eigenvalue weighted by molar-refractivity contribution is 6.85. The molecule has 40 valence electrons. The van der Waals surface area contributed by atoms with Crippen molar-refractivity contribution >= 4 is 21.7 Å². The van der Waals surface area contributed by atoms with Crippen LogP contribution < -0.4 is 0 Å². The number of hydrogen-bond acceptors (Lipinski definition) is 2. The summed E-state index contributed by atoms with van der Waals surface area (Å²) in [6.45, 7) is 0. The topological polar surface area (TPSA) is 26.0 Å². The van der Waals surface area contributed by atoms with Crippen molar-refractivity contribution < 1.29 is 4.42 Å². The van der Waals surface area contributed by atoms with Gasteiger partial charge in [0, 0.05) is 21.7 Å². The van der Waals surface area contributed by atoms with Crippen molar-refractivity contribution in [3.8, 4) is 0 Å². The summed E-state index contributed by atoms with van der Waals surface area (Å²) < 4.78 is 4.47. The second kappa shape index (κ2) is 5.79. The quantitative estimate of drug-likeness (QED) is 0.551. The number of oxazole rings is 1. The molecule has 0 aliphatic carbocycles. The molecule has 2 nitrogen and oxygen atoms in total. The van der Waals surface area contributed by atoms with E-state index in [2.05, 4.69) is 31.1 Å². The van der Waals surface area contributed by atoms with Crippen LogP contribution in [-0.2, 0) is 0 Å². The van der Waals surface area contributed by atoms with Crippen LogP contribution in [-0.4, -0.2) is 4.98 Å². The normalized spacial score (nSPS) is 6.57. The van der Waals surface area contributed by atoms with Crippen LogP contribution in [0.15, 0.2) is 23.3 Å². The molecule has 0 atom stereocenters. The van der Waals surface area contributed by atoms with E-state index in [1.54, 1.807) is 6.20 Å². The fourth-order valence-corrected chi connectivity index (χ4v) is 0.176. The lowest BCUT2D eigenvalue weighted by atomic mass is 11.0. The zero-order chi connectivity index (χ0) is 5.54. The van der Waals surface area contributed by atoms with Crippen LogP contribution in [0.25, 0.3) is 0 Å². The molecule has 0 saturated carbocycles. The van der Waals surface area contributed by atoms with Gasteiger partial charge in [-0.15, -0.1) is 0 Å². The lowest BCUT2D eigenvalue weighted by molar-refractivity contribution is 0.558. The van der Waals surface area contributed by atoms with Gasteiger partial charge in [-0.1, -0.05) is 0 Å². The van der Waals surface area contributed by atoms with Gasteiger partial charge in [0.15, 0.2) is 6.39 Å². The number of aromatic nitrogens is 1. The highest BCUT2D eigenvalue weighted by Gasteiger charge is 1.59. The molecule has 0 unspecified atom stereocenters. The third-order valence-corrected chi connectivity index (χ3v) is 0.347. The van der Waals surface area contributed by atoms with Gasteiger partial charge < -0.3 is 4.42 Å². The second-order valence-corrected chi connectivity index (χ2v) is 0.676. The molecule has 7 heavy (non-hydrogen) atoms. The minimum atomic E-state index is 1.38. The smallest absolute Gasteiger partial charge is 0.180 e. The molecule has 1 heterocycles. The monoisotopic (exact) mass is 139 g/mol. The van der Waals surface area contributed by atoms with Crippen molar-refractivity contribution in [2.75, 3.05) is 0 Å². The van der Waals surface area contributed by atoms with Gasteiger partial charge in [0.2, 0.25) is 0 Å². The minimum absolute atomic E-state index is 1.38. The summed E-state index contributed by atoms with van der Waals surface area (Å²) in [5.41, 5.74) is 0.